The summed E-state index contributed by atoms with van der Waals surface area (Å²) in [5, 5.41) is 10.3. The minimum atomic E-state index is -3.32. The van der Waals surface area contributed by atoms with Gasteiger partial charge in [-0.05, 0) is 18.4 Å². The van der Waals surface area contributed by atoms with Crippen molar-refractivity contribution in [2.24, 2.45) is 0 Å². The van der Waals surface area contributed by atoms with Crippen LogP contribution < -0.4 is 5.32 Å². The Hall–Kier alpha value is -1.08. The molecule has 0 spiro atoms. The molecule has 0 aliphatic heterocycles. The molecule has 1 aromatic heterocycles. The number of aliphatic hydroxyl groups excluding tert-OH is 1. The van der Waals surface area contributed by atoms with Crippen molar-refractivity contribution in [1.29, 1.82) is 0 Å². The zero-order chi connectivity index (χ0) is 12.9. The third kappa shape index (κ3) is 4.35. The van der Waals surface area contributed by atoms with Crippen LogP contribution in [0.4, 0.5) is 8.78 Å². The number of alkyl halides is 2. The van der Waals surface area contributed by atoms with Crippen LogP contribution in [0, 0.1) is 0 Å². The fraction of sp³-hybridized carbons (Fsp3) is 0.500. The fourth-order valence-corrected chi connectivity index (χ4v) is 1.51. The van der Waals surface area contributed by atoms with Gasteiger partial charge in [0.15, 0.2) is 5.76 Å². The summed E-state index contributed by atoms with van der Waals surface area (Å²) >= 11 is 1.52. The van der Waals surface area contributed by atoms with Gasteiger partial charge in [0.05, 0.1) is 12.3 Å². The average Bonchev–Trinajstić information content (AvgIpc) is 2.75. The van der Waals surface area contributed by atoms with Crippen LogP contribution in [0.5, 0.6) is 0 Å². The van der Waals surface area contributed by atoms with Crippen molar-refractivity contribution in [2.45, 2.75) is 11.7 Å². The van der Waals surface area contributed by atoms with Crippen LogP contribution in [0.2, 0.25) is 0 Å². The second-order valence-corrected chi connectivity index (χ2v) is 4.26. The number of hydrogen-bond donors (Lipinski definition) is 2. The highest BCUT2D eigenvalue weighted by atomic mass is 32.2. The van der Waals surface area contributed by atoms with Gasteiger partial charge in [0, 0.05) is 0 Å². The SMILES string of the molecule is CSCc1ccc(C(=O)NCC(F)(F)CO)o1. The van der Waals surface area contributed by atoms with Crippen LogP contribution in [0.3, 0.4) is 0 Å². The van der Waals surface area contributed by atoms with Crippen molar-refractivity contribution >= 4 is 17.7 Å². The molecule has 4 nitrogen and oxygen atoms in total. The highest BCUT2D eigenvalue weighted by Gasteiger charge is 2.28. The van der Waals surface area contributed by atoms with Crippen LogP contribution >= 0.6 is 11.8 Å². The van der Waals surface area contributed by atoms with E-state index in [2.05, 4.69) is 0 Å². The number of hydrogen-bond acceptors (Lipinski definition) is 4. The zero-order valence-electron chi connectivity index (χ0n) is 9.20. The van der Waals surface area contributed by atoms with Crippen LogP contribution in [0.25, 0.3) is 0 Å². The van der Waals surface area contributed by atoms with E-state index in [-0.39, 0.29) is 5.76 Å². The number of amides is 1. The zero-order valence-corrected chi connectivity index (χ0v) is 10.0. The third-order valence-corrected chi connectivity index (χ3v) is 2.48. The van der Waals surface area contributed by atoms with Crippen LogP contribution in [-0.4, -0.2) is 36.3 Å². The average molecular weight is 265 g/mol. The molecule has 2 N–H and O–H groups in total. The van der Waals surface area contributed by atoms with Gasteiger partial charge in [-0.25, -0.2) is 8.78 Å². The lowest BCUT2D eigenvalue weighted by Crippen LogP contribution is -2.38. The van der Waals surface area contributed by atoms with Crippen LogP contribution in [-0.2, 0) is 5.75 Å². The Kier molecular flexibility index (Phi) is 4.95. The Morgan fingerprint density at radius 1 is 1.59 bits per heavy atom. The first-order chi connectivity index (χ1) is 7.98. The van der Waals surface area contributed by atoms with Gasteiger partial charge in [0.2, 0.25) is 0 Å². The van der Waals surface area contributed by atoms with Crippen molar-refractivity contribution in [3.63, 3.8) is 0 Å². The minimum absolute atomic E-state index is 0.0113. The summed E-state index contributed by atoms with van der Waals surface area (Å²) in [5.74, 6) is -2.82. The van der Waals surface area contributed by atoms with E-state index in [0.717, 1.165) is 0 Å². The minimum Gasteiger partial charge on any atom is -0.455 e. The molecule has 1 rings (SSSR count). The monoisotopic (exact) mass is 265 g/mol. The highest BCUT2D eigenvalue weighted by molar-refractivity contribution is 7.97. The quantitative estimate of drug-likeness (QED) is 0.818. The van der Waals surface area contributed by atoms with E-state index in [1.807, 2.05) is 11.6 Å². The lowest BCUT2D eigenvalue weighted by Gasteiger charge is -2.12. The van der Waals surface area contributed by atoms with E-state index in [1.54, 1.807) is 6.07 Å². The van der Waals surface area contributed by atoms with Crippen LogP contribution in [0.1, 0.15) is 16.3 Å². The number of nitrogens with one attached hydrogen (secondary N) is 1. The maximum absolute atomic E-state index is 12.7. The molecule has 1 heterocycles. The summed E-state index contributed by atoms with van der Waals surface area (Å²) in [6.07, 6.45) is 1.88. The van der Waals surface area contributed by atoms with Crippen molar-refractivity contribution < 1.29 is 23.1 Å². The molecule has 0 fully saturated rings. The first-order valence-electron chi connectivity index (χ1n) is 4.83. The molecule has 0 unspecified atom stereocenters. The van der Waals surface area contributed by atoms with Gasteiger partial charge in [0.25, 0.3) is 11.8 Å². The summed E-state index contributed by atoms with van der Waals surface area (Å²) in [6.45, 7) is -2.22. The van der Waals surface area contributed by atoms with Crippen molar-refractivity contribution in [3.8, 4) is 0 Å². The van der Waals surface area contributed by atoms with E-state index < -0.39 is 25.0 Å². The molecule has 0 radical (unpaired) electrons. The summed E-state index contributed by atoms with van der Waals surface area (Å²) < 4.78 is 30.5. The van der Waals surface area contributed by atoms with Gasteiger partial charge in [-0.1, -0.05) is 0 Å². The third-order valence-electron chi connectivity index (χ3n) is 1.91. The molecule has 0 atom stereocenters. The first kappa shape index (κ1) is 14.0. The Morgan fingerprint density at radius 3 is 2.88 bits per heavy atom. The number of carbonyl (C=O) groups excluding carboxylic acids is 1. The smallest absolute Gasteiger partial charge is 0.287 e. The molecule has 1 amide bonds. The number of rotatable bonds is 6. The standard InChI is InChI=1S/C10H13F2NO3S/c1-17-4-7-2-3-8(16-7)9(15)13-5-10(11,12)6-14/h2-3,14H,4-6H2,1H3,(H,13,15). The number of halogens is 2. The molecule has 0 aliphatic rings. The number of furan rings is 1. The number of aliphatic hydroxyl groups is 1. The molecule has 0 saturated carbocycles. The summed E-state index contributed by atoms with van der Waals surface area (Å²) in [6, 6.07) is 3.05. The predicted molar refractivity (Wildman–Crippen MR) is 60.3 cm³/mol. The predicted octanol–water partition coefficient (Wildman–Crippen LogP) is 1.50. The number of carbonyl (C=O) groups is 1. The molecular formula is C10H13F2NO3S. The van der Waals surface area contributed by atoms with Crippen molar-refractivity contribution in [2.75, 3.05) is 19.4 Å². The summed E-state index contributed by atoms with van der Waals surface area (Å²) in [4.78, 5) is 11.4. The van der Waals surface area contributed by atoms with Crippen LogP contribution in [0.15, 0.2) is 16.5 Å². The first-order valence-corrected chi connectivity index (χ1v) is 6.22. The summed E-state index contributed by atoms with van der Waals surface area (Å²) in [5.41, 5.74) is 0. The molecule has 96 valence electrons. The Balaban J connectivity index is 2.52. The Labute approximate surface area is 101 Å². The Morgan fingerprint density at radius 2 is 2.29 bits per heavy atom. The second-order valence-electron chi connectivity index (χ2n) is 3.40. The van der Waals surface area contributed by atoms with E-state index in [9.17, 15) is 13.6 Å². The van der Waals surface area contributed by atoms with Gasteiger partial charge in [-0.2, -0.15) is 11.8 Å². The second kappa shape index (κ2) is 6.02. The molecule has 0 aromatic carbocycles. The van der Waals surface area contributed by atoms with E-state index in [4.69, 9.17) is 9.52 Å². The topological polar surface area (TPSA) is 62.5 Å². The van der Waals surface area contributed by atoms with Gasteiger partial charge < -0.3 is 14.8 Å². The molecule has 17 heavy (non-hydrogen) atoms. The van der Waals surface area contributed by atoms with Crippen molar-refractivity contribution in [1.82, 2.24) is 5.32 Å². The van der Waals surface area contributed by atoms with Crippen molar-refractivity contribution in [3.05, 3.63) is 23.7 Å². The molecule has 1 aromatic rings. The molecule has 0 bridgehead atoms. The highest BCUT2D eigenvalue weighted by Crippen LogP contribution is 2.14. The fourth-order valence-electron chi connectivity index (χ4n) is 1.07. The van der Waals surface area contributed by atoms with Gasteiger partial charge in [0.1, 0.15) is 12.4 Å². The summed E-state index contributed by atoms with van der Waals surface area (Å²) in [7, 11) is 0. The largest absolute Gasteiger partial charge is 0.455 e. The molecular weight excluding hydrogens is 252 g/mol. The van der Waals surface area contributed by atoms with E-state index in [0.29, 0.717) is 11.5 Å². The van der Waals surface area contributed by atoms with E-state index in [1.165, 1.54) is 17.8 Å². The lowest BCUT2D eigenvalue weighted by atomic mass is 10.3. The maximum Gasteiger partial charge on any atom is 0.287 e. The van der Waals surface area contributed by atoms with Gasteiger partial charge >= 0.3 is 0 Å². The molecule has 0 saturated heterocycles. The molecule has 0 aliphatic carbocycles. The van der Waals surface area contributed by atoms with Gasteiger partial charge in [-0.3, -0.25) is 4.79 Å². The lowest BCUT2D eigenvalue weighted by molar-refractivity contribution is -0.0463. The van der Waals surface area contributed by atoms with Gasteiger partial charge in [-0.15, -0.1) is 0 Å². The molecule has 7 heteroatoms. The Bertz CT molecular complexity index is 381. The number of thioether (sulfide) groups is 1. The maximum atomic E-state index is 12.7. The van der Waals surface area contributed by atoms with E-state index >= 15 is 0 Å². The normalized spacial score (nSPS) is 11.5.